The number of hydrogen-bond donors (Lipinski definition) is 1. The molecule has 4 aromatic heterocycles. The third-order valence-corrected chi connectivity index (χ3v) is 6.87. The van der Waals surface area contributed by atoms with Crippen LogP contribution in [0.15, 0.2) is 97.7 Å². The largest absolute Gasteiger partial charge is 0.298 e. The summed E-state index contributed by atoms with van der Waals surface area (Å²) in [6, 6.07) is 24.8. The van der Waals surface area contributed by atoms with Gasteiger partial charge >= 0.3 is 0 Å². The Balaban J connectivity index is 1.06. The topological polar surface area (TPSA) is 87.9 Å². The lowest BCUT2D eigenvalue weighted by atomic mass is 9.97. The monoisotopic (exact) mass is 484 g/mol. The maximum Gasteiger partial charge on any atom is 0.174 e. The zero-order valence-electron chi connectivity index (χ0n) is 20.1. The molecule has 1 saturated heterocycles. The molecule has 8 nitrogen and oxygen atoms in total. The van der Waals surface area contributed by atoms with Crippen LogP contribution in [0.2, 0.25) is 0 Å². The van der Waals surface area contributed by atoms with Gasteiger partial charge in [-0.05, 0) is 23.3 Å². The minimum absolute atomic E-state index is 0.340. The number of H-pyrrole nitrogens is 1. The minimum Gasteiger partial charge on any atom is -0.298 e. The van der Waals surface area contributed by atoms with Gasteiger partial charge in [-0.25, -0.2) is 15.0 Å². The Kier molecular flexibility index (Phi) is 5.29. The van der Waals surface area contributed by atoms with E-state index >= 15 is 0 Å². The summed E-state index contributed by atoms with van der Waals surface area (Å²) >= 11 is 0. The summed E-state index contributed by atoms with van der Waals surface area (Å²) in [5.41, 5.74) is 7.17. The van der Waals surface area contributed by atoms with Crippen molar-refractivity contribution in [3.63, 3.8) is 0 Å². The zero-order chi connectivity index (χ0) is 24.6. The highest BCUT2D eigenvalue weighted by Crippen LogP contribution is 2.34. The van der Waals surface area contributed by atoms with Crippen molar-refractivity contribution in [1.82, 2.24) is 39.4 Å². The Morgan fingerprint density at radius 2 is 1.65 bits per heavy atom. The van der Waals surface area contributed by atoms with Crippen molar-refractivity contribution in [3.8, 4) is 33.9 Å². The first-order valence-electron chi connectivity index (χ1n) is 12.3. The van der Waals surface area contributed by atoms with Crippen LogP contribution in [0.1, 0.15) is 17.3 Å². The number of imidazole rings is 1. The van der Waals surface area contributed by atoms with Gasteiger partial charge in [-0.2, -0.15) is 5.10 Å². The van der Waals surface area contributed by atoms with Crippen molar-refractivity contribution in [3.05, 3.63) is 109 Å². The summed E-state index contributed by atoms with van der Waals surface area (Å²) in [4.78, 5) is 20.8. The average molecular weight is 485 g/mol. The van der Waals surface area contributed by atoms with Gasteiger partial charge in [0.1, 0.15) is 17.7 Å². The normalized spacial score (nSPS) is 14.2. The molecule has 1 aliphatic rings. The first-order chi connectivity index (χ1) is 18.3. The maximum absolute atomic E-state index is 4.80. The lowest BCUT2D eigenvalue weighted by Crippen LogP contribution is -2.44. The Hall–Kier alpha value is -4.69. The van der Waals surface area contributed by atoms with Crippen LogP contribution in [-0.4, -0.2) is 52.5 Å². The molecule has 0 bridgehead atoms. The summed E-state index contributed by atoms with van der Waals surface area (Å²) in [7, 11) is 0. The lowest BCUT2D eigenvalue weighted by Gasteiger charge is -2.37. The van der Waals surface area contributed by atoms with Crippen molar-refractivity contribution in [2.75, 3.05) is 13.1 Å². The van der Waals surface area contributed by atoms with Crippen molar-refractivity contribution >= 4 is 5.65 Å². The van der Waals surface area contributed by atoms with E-state index in [0.717, 1.165) is 65.0 Å². The van der Waals surface area contributed by atoms with E-state index in [0.29, 0.717) is 5.92 Å². The van der Waals surface area contributed by atoms with Crippen molar-refractivity contribution in [2.24, 2.45) is 0 Å². The molecule has 180 valence electrons. The molecule has 5 heterocycles. The summed E-state index contributed by atoms with van der Waals surface area (Å²) < 4.78 is 1.97. The van der Waals surface area contributed by atoms with Gasteiger partial charge in [-0.3, -0.25) is 19.4 Å². The molecule has 0 aliphatic carbocycles. The summed E-state index contributed by atoms with van der Waals surface area (Å²) in [6.45, 7) is 2.78. The molecule has 7 rings (SSSR count). The maximum atomic E-state index is 4.80. The van der Waals surface area contributed by atoms with E-state index in [4.69, 9.17) is 4.98 Å². The van der Waals surface area contributed by atoms with Crippen LogP contribution < -0.4 is 0 Å². The predicted molar refractivity (Wildman–Crippen MR) is 141 cm³/mol. The quantitative estimate of drug-likeness (QED) is 0.364. The molecule has 1 N–H and O–H groups in total. The van der Waals surface area contributed by atoms with E-state index in [1.54, 1.807) is 6.20 Å². The number of aromatic amines is 1. The summed E-state index contributed by atoms with van der Waals surface area (Å²) in [5.74, 6) is 1.93. The van der Waals surface area contributed by atoms with Gasteiger partial charge < -0.3 is 0 Å². The van der Waals surface area contributed by atoms with Crippen molar-refractivity contribution in [2.45, 2.75) is 12.5 Å². The average Bonchev–Trinajstić information content (AvgIpc) is 3.61. The van der Waals surface area contributed by atoms with Crippen LogP contribution in [0.25, 0.3) is 39.5 Å². The van der Waals surface area contributed by atoms with Gasteiger partial charge in [0, 0.05) is 49.7 Å². The second-order valence-electron chi connectivity index (χ2n) is 9.34. The number of hydrogen-bond acceptors (Lipinski definition) is 6. The predicted octanol–water partition coefficient (Wildman–Crippen LogP) is 4.84. The Labute approximate surface area is 213 Å². The number of benzene rings is 2. The molecule has 1 aliphatic heterocycles. The van der Waals surface area contributed by atoms with Crippen LogP contribution in [0.3, 0.4) is 0 Å². The molecule has 37 heavy (non-hydrogen) atoms. The Morgan fingerprint density at radius 3 is 2.46 bits per heavy atom. The molecule has 0 radical (unpaired) electrons. The van der Waals surface area contributed by atoms with Crippen LogP contribution in [0, 0.1) is 0 Å². The van der Waals surface area contributed by atoms with E-state index in [1.165, 1.54) is 5.56 Å². The molecule has 0 spiro atoms. The fourth-order valence-corrected chi connectivity index (χ4v) is 4.94. The lowest BCUT2D eigenvalue weighted by molar-refractivity contribution is 0.135. The molecule has 6 aromatic rings. The molecule has 0 atom stereocenters. The second kappa shape index (κ2) is 9.07. The highest BCUT2D eigenvalue weighted by molar-refractivity contribution is 5.89. The molecule has 0 unspecified atom stereocenters. The van der Waals surface area contributed by atoms with Crippen LogP contribution in [0.5, 0.6) is 0 Å². The van der Waals surface area contributed by atoms with E-state index in [2.05, 4.69) is 66.4 Å². The molecular formula is C29H24N8. The van der Waals surface area contributed by atoms with Gasteiger partial charge in [0.2, 0.25) is 0 Å². The van der Waals surface area contributed by atoms with Crippen LogP contribution >= 0.6 is 0 Å². The van der Waals surface area contributed by atoms with Crippen molar-refractivity contribution < 1.29 is 0 Å². The van der Waals surface area contributed by atoms with E-state index in [-0.39, 0.29) is 0 Å². The van der Waals surface area contributed by atoms with Gasteiger partial charge in [0.25, 0.3) is 0 Å². The Morgan fingerprint density at radius 1 is 0.811 bits per heavy atom. The SMILES string of the molecule is c1ccc(-c2c(-c3ccc(CN4CC(c5n[nH]c(-c6ccccn6)n5)C4)cc3)ncn3ccnc23)cc1. The molecule has 0 saturated carbocycles. The standard InChI is InChI=1S/C29H24N8/c1-2-6-21(7-3-1)25-26(32-19-37-15-14-31-29(25)37)22-11-9-20(10-12-22)16-36-17-23(18-36)27-33-28(35-34-27)24-8-4-5-13-30-24/h1-15,19,23H,16-18H2,(H,33,34,35). The Bertz CT molecular complexity index is 1650. The van der Waals surface area contributed by atoms with Gasteiger partial charge in [0.05, 0.1) is 11.3 Å². The van der Waals surface area contributed by atoms with E-state index in [9.17, 15) is 0 Å². The first kappa shape index (κ1) is 21.6. The van der Waals surface area contributed by atoms with Gasteiger partial charge in [0.15, 0.2) is 11.6 Å². The van der Waals surface area contributed by atoms with Crippen molar-refractivity contribution in [1.29, 1.82) is 0 Å². The third-order valence-electron chi connectivity index (χ3n) is 6.87. The highest BCUT2D eigenvalue weighted by Gasteiger charge is 2.31. The number of fused-ring (bicyclic) bond motifs is 1. The van der Waals surface area contributed by atoms with Crippen LogP contribution in [0.4, 0.5) is 0 Å². The number of aromatic nitrogens is 7. The zero-order valence-corrected chi connectivity index (χ0v) is 20.1. The first-order valence-corrected chi connectivity index (χ1v) is 12.3. The molecule has 2 aromatic carbocycles. The van der Waals surface area contributed by atoms with Gasteiger partial charge in [-0.1, -0.05) is 60.7 Å². The number of likely N-dealkylation sites (tertiary alicyclic amines) is 1. The summed E-state index contributed by atoms with van der Waals surface area (Å²) in [5, 5.41) is 7.46. The molecular weight excluding hydrogens is 460 g/mol. The second-order valence-corrected chi connectivity index (χ2v) is 9.34. The number of nitrogens with one attached hydrogen (secondary N) is 1. The smallest absolute Gasteiger partial charge is 0.174 e. The highest BCUT2D eigenvalue weighted by atomic mass is 15.3. The number of rotatable bonds is 6. The number of pyridine rings is 1. The van der Waals surface area contributed by atoms with Gasteiger partial charge in [-0.15, -0.1) is 0 Å². The van der Waals surface area contributed by atoms with Crippen LogP contribution in [-0.2, 0) is 6.54 Å². The van der Waals surface area contributed by atoms with E-state index < -0.39 is 0 Å². The molecule has 0 amide bonds. The molecule has 8 heteroatoms. The fraction of sp³-hybridized carbons (Fsp3) is 0.138. The van der Waals surface area contributed by atoms with E-state index in [1.807, 2.05) is 59.5 Å². The molecule has 1 fully saturated rings. The third kappa shape index (κ3) is 4.07. The minimum atomic E-state index is 0.340. The number of nitrogens with zero attached hydrogens (tertiary/aromatic N) is 7. The summed E-state index contributed by atoms with van der Waals surface area (Å²) in [6.07, 6.45) is 7.34. The fourth-order valence-electron chi connectivity index (χ4n) is 4.94.